The van der Waals surface area contributed by atoms with Crippen LogP contribution in [-0.4, -0.2) is 50.9 Å². The number of amides is 2. The van der Waals surface area contributed by atoms with Crippen molar-refractivity contribution >= 4 is 50.7 Å². The minimum atomic E-state index is -4.23. The minimum Gasteiger partial charge on any atom is -0.494 e. The number of unbranched alkanes of at least 4 members (excludes halogenated alkanes) is 1. The molecule has 1 N–H and O–H groups in total. The van der Waals surface area contributed by atoms with Crippen LogP contribution in [0.2, 0.25) is 10.0 Å². The fourth-order valence-electron chi connectivity index (χ4n) is 5.04. The van der Waals surface area contributed by atoms with E-state index in [1.54, 1.807) is 60.7 Å². The predicted molar refractivity (Wildman–Crippen MR) is 187 cm³/mol. The number of carbonyl (C=O) groups is 2. The van der Waals surface area contributed by atoms with Gasteiger partial charge in [-0.1, -0.05) is 91.1 Å². The first-order valence-electron chi connectivity index (χ1n) is 15.5. The molecule has 0 saturated carbocycles. The van der Waals surface area contributed by atoms with Gasteiger partial charge in [0.1, 0.15) is 18.3 Å². The van der Waals surface area contributed by atoms with Crippen LogP contribution >= 0.6 is 23.2 Å². The Labute approximate surface area is 287 Å². The lowest BCUT2D eigenvalue weighted by Crippen LogP contribution is -2.53. The van der Waals surface area contributed by atoms with E-state index >= 15 is 0 Å². The molecule has 0 spiro atoms. The summed E-state index contributed by atoms with van der Waals surface area (Å²) in [6.07, 6.45) is 1.81. The van der Waals surface area contributed by atoms with E-state index in [4.69, 9.17) is 27.9 Å². The van der Waals surface area contributed by atoms with Crippen LogP contribution in [0.3, 0.4) is 0 Å². The molecule has 4 aromatic rings. The minimum absolute atomic E-state index is 0.0144. The fraction of sp³-hybridized carbons (Fsp3) is 0.278. The zero-order valence-corrected chi connectivity index (χ0v) is 28.8. The Morgan fingerprint density at radius 2 is 1.45 bits per heavy atom. The first kappa shape index (κ1) is 35.8. The zero-order chi connectivity index (χ0) is 33.8. The Hall–Kier alpha value is -4.05. The lowest BCUT2D eigenvalue weighted by molar-refractivity contribution is -0.140. The highest BCUT2D eigenvalue weighted by Crippen LogP contribution is 2.29. The highest BCUT2D eigenvalue weighted by molar-refractivity contribution is 7.92. The molecule has 2 amide bonds. The van der Waals surface area contributed by atoms with Gasteiger partial charge in [-0.2, -0.15) is 0 Å². The highest BCUT2D eigenvalue weighted by atomic mass is 35.5. The molecule has 0 aromatic heterocycles. The molecule has 1 atom stereocenters. The number of hydrogen-bond donors (Lipinski definition) is 1. The molecule has 4 rings (SSSR count). The van der Waals surface area contributed by atoms with Gasteiger partial charge in [-0.3, -0.25) is 13.9 Å². The normalized spacial score (nSPS) is 11.8. The molecule has 1 unspecified atom stereocenters. The molecule has 0 saturated heterocycles. The number of ether oxygens (including phenoxy) is 1. The van der Waals surface area contributed by atoms with Crippen LogP contribution in [0.4, 0.5) is 5.69 Å². The Morgan fingerprint density at radius 3 is 2.04 bits per heavy atom. The molecular weight excluding hydrogens is 657 g/mol. The molecule has 0 aliphatic carbocycles. The van der Waals surface area contributed by atoms with Crippen LogP contribution in [0.5, 0.6) is 5.75 Å². The molecule has 11 heteroatoms. The Morgan fingerprint density at radius 1 is 0.830 bits per heavy atom. The molecule has 0 radical (unpaired) electrons. The van der Waals surface area contributed by atoms with E-state index < -0.39 is 28.5 Å². The summed E-state index contributed by atoms with van der Waals surface area (Å²) in [4.78, 5) is 29.9. The summed E-state index contributed by atoms with van der Waals surface area (Å²) < 4.78 is 34.9. The van der Waals surface area contributed by atoms with Crippen molar-refractivity contribution in [2.45, 2.75) is 50.6 Å². The third-order valence-electron chi connectivity index (χ3n) is 7.54. The number of nitrogens with one attached hydrogen (secondary N) is 1. The summed E-state index contributed by atoms with van der Waals surface area (Å²) >= 11 is 13.2. The molecule has 248 valence electrons. The van der Waals surface area contributed by atoms with Crippen LogP contribution < -0.4 is 14.4 Å². The second-order valence-corrected chi connectivity index (χ2v) is 13.5. The van der Waals surface area contributed by atoms with Crippen LogP contribution in [0.15, 0.2) is 108 Å². The largest absolute Gasteiger partial charge is 0.494 e. The fourth-order valence-corrected chi connectivity index (χ4v) is 6.99. The Kier molecular flexibility index (Phi) is 13.1. The van der Waals surface area contributed by atoms with Crippen molar-refractivity contribution in [1.29, 1.82) is 0 Å². The van der Waals surface area contributed by atoms with Gasteiger partial charge in [-0.05, 0) is 67.4 Å². The standard InChI is InChI=1S/C36H39Cl2N3O5S/c1-3-5-23-39-36(43)34(24-27-13-8-6-9-14-27)40(25-31-32(37)17-12-18-33(31)38)35(42)26-41(28-19-21-29(22-20-28)46-4-2)47(44,45)30-15-10-7-11-16-30/h6-22,34H,3-5,23-26H2,1-2H3,(H,39,43). The number of nitrogens with zero attached hydrogens (tertiary/aromatic N) is 2. The number of hydrogen-bond acceptors (Lipinski definition) is 5. The molecule has 0 aliphatic heterocycles. The monoisotopic (exact) mass is 695 g/mol. The lowest BCUT2D eigenvalue weighted by atomic mass is 10.0. The van der Waals surface area contributed by atoms with Gasteiger partial charge in [-0.15, -0.1) is 0 Å². The Balaban J connectivity index is 1.81. The van der Waals surface area contributed by atoms with Gasteiger partial charge >= 0.3 is 0 Å². The molecule has 0 bridgehead atoms. The third-order valence-corrected chi connectivity index (χ3v) is 10.0. The molecule has 4 aromatic carbocycles. The number of rotatable bonds is 16. The molecule has 0 fully saturated rings. The first-order chi connectivity index (χ1) is 22.6. The van der Waals surface area contributed by atoms with E-state index in [2.05, 4.69) is 5.32 Å². The van der Waals surface area contributed by atoms with Crippen molar-refractivity contribution in [2.24, 2.45) is 0 Å². The van der Waals surface area contributed by atoms with E-state index in [9.17, 15) is 18.0 Å². The van der Waals surface area contributed by atoms with E-state index in [1.807, 2.05) is 44.2 Å². The number of benzene rings is 4. The van der Waals surface area contributed by atoms with Crippen molar-refractivity contribution in [3.05, 3.63) is 124 Å². The van der Waals surface area contributed by atoms with Crippen LogP contribution in [-0.2, 0) is 32.6 Å². The van der Waals surface area contributed by atoms with Crippen molar-refractivity contribution in [3.63, 3.8) is 0 Å². The Bertz CT molecular complexity index is 1700. The van der Waals surface area contributed by atoms with E-state index in [0.29, 0.717) is 34.5 Å². The summed E-state index contributed by atoms with van der Waals surface area (Å²) in [6, 6.07) is 27.7. The van der Waals surface area contributed by atoms with Gasteiger partial charge in [0.2, 0.25) is 11.8 Å². The van der Waals surface area contributed by atoms with E-state index in [0.717, 1.165) is 22.7 Å². The highest BCUT2D eigenvalue weighted by Gasteiger charge is 2.35. The van der Waals surface area contributed by atoms with Gasteiger partial charge in [0.05, 0.1) is 17.2 Å². The first-order valence-corrected chi connectivity index (χ1v) is 17.7. The van der Waals surface area contributed by atoms with Crippen LogP contribution in [0.25, 0.3) is 0 Å². The summed E-state index contributed by atoms with van der Waals surface area (Å²) in [6.45, 7) is 4.01. The van der Waals surface area contributed by atoms with Crippen LogP contribution in [0, 0.1) is 0 Å². The second kappa shape index (κ2) is 17.2. The average molecular weight is 697 g/mol. The average Bonchev–Trinajstić information content (AvgIpc) is 3.07. The summed E-state index contributed by atoms with van der Waals surface area (Å²) in [5.41, 5.74) is 1.53. The second-order valence-electron chi connectivity index (χ2n) is 10.8. The maximum atomic E-state index is 14.6. The van der Waals surface area contributed by atoms with Crippen molar-refractivity contribution in [2.75, 3.05) is 24.0 Å². The van der Waals surface area contributed by atoms with Gasteiger partial charge in [0.15, 0.2) is 0 Å². The van der Waals surface area contributed by atoms with Crippen molar-refractivity contribution in [3.8, 4) is 5.75 Å². The van der Waals surface area contributed by atoms with Crippen LogP contribution in [0.1, 0.15) is 37.8 Å². The number of carbonyl (C=O) groups excluding carboxylic acids is 2. The molecular formula is C36H39Cl2N3O5S. The smallest absolute Gasteiger partial charge is 0.264 e. The summed E-state index contributed by atoms with van der Waals surface area (Å²) in [5, 5.41) is 3.61. The summed E-state index contributed by atoms with van der Waals surface area (Å²) in [7, 11) is -4.23. The van der Waals surface area contributed by atoms with Crippen molar-refractivity contribution < 1.29 is 22.7 Å². The SMILES string of the molecule is CCCCNC(=O)C(Cc1ccccc1)N(Cc1c(Cl)cccc1Cl)C(=O)CN(c1ccc(OCC)cc1)S(=O)(=O)c1ccccc1. The maximum absolute atomic E-state index is 14.6. The van der Waals surface area contributed by atoms with E-state index in [1.165, 1.54) is 17.0 Å². The number of sulfonamides is 1. The van der Waals surface area contributed by atoms with Gasteiger partial charge < -0.3 is 15.0 Å². The van der Waals surface area contributed by atoms with Gasteiger partial charge in [0, 0.05) is 35.1 Å². The molecule has 8 nitrogen and oxygen atoms in total. The number of halogens is 2. The van der Waals surface area contributed by atoms with Crippen molar-refractivity contribution in [1.82, 2.24) is 10.2 Å². The number of anilines is 1. The zero-order valence-electron chi connectivity index (χ0n) is 26.4. The lowest BCUT2D eigenvalue weighted by Gasteiger charge is -2.34. The quantitative estimate of drug-likeness (QED) is 0.126. The molecule has 0 heterocycles. The van der Waals surface area contributed by atoms with E-state index in [-0.39, 0.29) is 29.5 Å². The predicted octanol–water partition coefficient (Wildman–Crippen LogP) is 7.14. The molecule has 0 aliphatic rings. The summed E-state index contributed by atoms with van der Waals surface area (Å²) in [5.74, 6) is -0.417. The van der Waals surface area contributed by atoms with Gasteiger partial charge in [-0.25, -0.2) is 8.42 Å². The third kappa shape index (κ3) is 9.50. The molecule has 47 heavy (non-hydrogen) atoms. The maximum Gasteiger partial charge on any atom is 0.264 e. The topological polar surface area (TPSA) is 96.0 Å². The van der Waals surface area contributed by atoms with Gasteiger partial charge in [0.25, 0.3) is 10.0 Å².